The molecule has 3 amide bonds. The Hall–Kier alpha value is -3.20. The van der Waals surface area contributed by atoms with Gasteiger partial charge in [0.25, 0.3) is 5.91 Å². The van der Waals surface area contributed by atoms with Crippen molar-refractivity contribution in [1.82, 2.24) is 5.32 Å². The Morgan fingerprint density at radius 1 is 1.03 bits per heavy atom. The van der Waals surface area contributed by atoms with Crippen LogP contribution in [0.2, 0.25) is 0 Å². The molecule has 154 valence electrons. The maximum Gasteiger partial charge on any atom is 0.339 e. The zero-order chi connectivity index (χ0) is 21.6. The van der Waals surface area contributed by atoms with Crippen LogP contribution in [0.3, 0.4) is 0 Å². The van der Waals surface area contributed by atoms with E-state index in [1.54, 1.807) is 6.07 Å². The van der Waals surface area contributed by atoms with E-state index in [-0.39, 0.29) is 16.2 Å². The number of benzene rings is 2. The third-order valence-corrected chi connectivity index (χ3v) is 5.83. The second kappa shape index (κ2) is 9.33. The fraction of sp³-hybridized carbons (Fsp3) is 0.250. The number of esters is 1. The average molecular weight is 418 g/mol. The lowest BCUT2D eigenvalue weighted by molar-refractivity contribution is -0.123. The molecule has 2 aromatic rings. The van der Waals surface area contributed by atoms with E-state index in [4.69, 9.17) is 4.74 Å². The molecule has 8 nitrogen and oxygen atoms in total. The lowest BCUT2D eigenvalue weighted by Gasteiger charge is -2.11. The van der Waals surface area contributed by atoms with Gasteiger partial charge < -0.3 is 10.1 Å². The number of hydrogen-bond acceptors (Lipinski definition) is 6. The van der Waals surface area contributed by atoms with Crippen LogP contribution in [0, 0.1) is 13.8 Å². The quantitative estimate of drug-likeness (QED) is 0.696. The van der Waals surface area contributed by atoms with E-state index in [1.807, 2.05) is 31.3 Å². The van der Waals surface area contributed by atoms with Gasteiger partial charge in [-0.2, -0.15) is 0 Å². The summed E-state index contributed by atoms with van der Waals surface area (Å²) in [6, 6.07) is 10.2. The van der Waals surface area contributed by atoms with E-state index < -0.39 is 34.4 Å². The summed E-state index contributed by atoms with van der Waals surface area (Å²) in [7, 11) is -3.64. The smallest absolute Gasteiger partial charge is 0.339 e. The fourth-order valence-electron chi connectivity index (χ4n) is 2.54. The molecular weight excluding hydrogens is 396 g/mol. The van der Waals surface area contributed by atoms with E-state index in [1.165, 1.54) is 31.2 Å². The van der Waals surface area contributed by atoms with Gasteiger partial charge in [-0.05, 0) is 37.6 Å². The van der Waals surface area contributed by atoms with Gasteiger partial charge in [-0.1, -0.05) is 36.8 Å². The van der Waals surface area contributed by atoms with Crippen molar-refractivity contribution in [3.8, 4) is 0 Å². The number of anilines is 1. The van der Waals surface area contributed by atoms with E-state index in [2.05, 4.69) is 5.32 Å². The number of ether oxygens (including phenoxy) is 1. The van der Waals surface area contributed by atoms with E-state index in [0.29, 0.717) is 5.69 Å². The van der Waals surface area contributed by atoms with Gasteiger partial charge in [0, 0.05) is 5.69 Å². The summed E-state index contributed by atoms with van der Waals surface area (Å²) >= 11 is 0. The topological polar surface area (TPSA) is 119 Å². The van der Waals surface area contributed by atoms with Crippen LogP contribution in [0.15, 0.2) is 47.4 Å². The molecule has 0 fully saturated rings. The number of sulfone groups is 1. The first-order chi connectivity index (χ1) is 13.6. The minimum absolute atomic E-state index is 0.165. The zero-order valence-electron chi connectivity index (χ0n) is 16.3. The van der Waals surface area contributed by atoms with Gasteiger partial charge in [0.1, 0.15) is 0 Å². The summed E-state index contributed by atoms with van der Waals surface area (Å²) in [6.45, 7) is 4.45. The standard InChI is InChI=1S/C20H22N2O6S/c1-4-29(26,27)17-8-6-5-7-15(17)19(24)28-12-18(23)22-20(25)21-16-10-9-13(2)11-14(16)3/h5-11H,4,12H2,1-3H3,(H2,21,22,23,25). The van der Waals surface area contributed by atoms with Crippen molar-refractivity contribution in [2.75, 3.05) is 17.7 Å². The van der Waals surface area contributed by atoms with Gasteiger partial charge in [0.15, 0.2) is 16.4 Å². The average Bonchev–Trinajstić information content (AvgIpc) is 2.68. The number of hydrogen-bond donors (Lipinski definition) is 2. The maximum atomic E-state index is 12.2. The normalized spacial score (nSPS) is 10.9. The minimum Gasteiger partial charge on any atom is -0.452 e. The number of amides is 3. The monoisotopic (exact) mass is 418 g/mol. The summed E-state index contributed by atoms with van der Waals surface area (Å²) in [5.74, 6) is -2.00. The van der Waals surface area contributed by atoms with Gasteiger partial charge in [-0.3, -0.25) is 10.1 Å². The van der Waals surface area contributed by atoms with Gasteiger partial charge >= 0.3 is 12.0 Å². The molecule has 0 heterocycles. The summed E-state index contributed by atoms with van der Waals surface area (Å²) < 4.78 is 29.0. The first-order valence-electron chi connectivity index (χ1n) is 8.81. The zero-order valence-corrected chi connectivity index (χ0v) is 17.1. The number of carbonyl (C=O) groups excluding carboxylic acids is 3. The van der Waals surface area contributed by atoms with Gasteiger partial charge in [-0.15, -0.1) is 0 Å². The molecule has 0 saturated carbocycles. The highest BCUT2D eigenvalue weighted by molar-refractivity contribution is 7.91. The van der Waals surface area contributed by atoms with Crippen molar-refractivity contribution < 1.29 is 27.5 Å². The molecule has 29 heavy (non-hydrogen) atoms. The molecule has 9 heteroatoms. The summed E-state index contributed by atoms with van der Waals surface area (Å²) in [4.78, 5) is 35.9. The molecule has 2 N–H and O–H groups in total. The van der Waals surface area contributed by atoms with Crippen LogP contribution in [0.5, 0.6) is 0 Å². The lowest BCUT2D eigenvalue weighted by atomic mass is 10.1. The Morgan fingerprint density at radius 2 is 1.72 bits per heavy atom. The Morgan fingerprint density at radius 3 is 2.38 bits per heavy atom. The van der Waals surface area contributed by atoms with Crippen LogP contribution in [0.25, 0.3) is 0 Å². The molecule has 0 saturated heterocycles. The highest BCUT2D eigenvalue weighted by Crippen LogP contribution is 2.18. The molecule has 0 aromatic heterocycles. The van der Waals surface area contributed by atoms with Crippen LogP contribution in [0.1, 0.15) is 28.4 Å². The van der Waals surface area contributed by atoms with Crippen LogP contribution in [-0.2, 0) is 19.4 Å². The Kier molecular flexibility index (Phi) is 7.11. The molecule has 0 radical (unpaired) electrons. The Bertz CT molecular complexity index is 1050. The summed E-state index contributed by atoms with van der Waals surface area (Å²) in [5, 5.41) is 4.58. The van der Waals surface area contributed by atoms with Gasteiger partial charge in [-0.25, -0.2) is 18.0 Å². The third-order valence-electron chi connectivity index (χ3n) is 4.04. The second-order valence-electron chi connectivity index (χ2n) is 6.30. The fourth-order valence-corrected chi connectivity index (χ4v) is 3.62. The van der Waals surface area contributed by atoms with Crippen molar-refractivity contribution in [1.29, 1.82) is 0 Å². The SMILES string of the molecule is CCS(=O)(=O)c1ccccc1C(=O)OCC(=O)NC(=O)Nc1ccc(C)cc1C. The number of carbonyl (C=O) groups is 3. The molecule has 0 aliphatic heterocycles. The molecule has 2 rings (SSSR count). The number of imide groups is 1. The van der Waals surface area contributed by atoms with Crippen molar-refractivity contribution in [2.24, 2.45) is 0 Å². The van der Waals surface area contributed by atoms with Crippen LogP contribution < -0.4 is 10.6 Å². The molecule has 0 aliphatic rings. The van der Waals surface area contributed by atoms with Crippen LogP contribution in [0.4, 0.5) is 10.5 Å². The maximum absolute atomic E-state index is 12.2. The van der Waals surface area contributed by atoms with Gasteiger partial charge in [0.2, 0.25) is 0 Å². The largest absolute Gasteiger partial charge is 0.452 e. The minimum atomic E-state index is -3.64. The highest BCUT2D eigenvalue weighted by atomic mass is 32.2. The molecular formula is C20H22N2O6S. The molecule has 0 atom stereocenters. The van der Waals surface area contributed by atoms with Crippen molar-refractivity contribution in [2.45, 2.75) is 25.7 Å². The number of rotatable bonds is 6. The first-order valence-corrected chi connectivity index (χ1v) is 10.5. The number of urea groups is 1. The molecule has 0 aliphatic carbocycles. The molecule has 0 unspecified atom stereocenters. The Balaban J connectivity index is 1.96. The number of nitrogens with one attached hydrogen (secondary N) is 2. The van der Waals surface area contributed by atoms with Crippen molar-refractivity contribution in [3.05, 3.63) is 59.2 Å². The molecule has 0 bridgehead atoms. The number of aryl methyl sites for hydroxylation is 2. The highest BCUT2D eigenvalue weighted by Gasteiger charge is 2.22. The Labute approximate surface area is 169 Å². The van der Waals surface area contributed by atoms with Crippen molar-refractivity contribution >= 4 is 33.4 Å². The summed E-state index contributed by atoms with van der Waals surface area (Å²) in [5.41, 5.74) is 2.23. The van der Waals surface area contributed by atoms with E-state index >= 15 is 0 Å². The summed E-state index contributed by atoms with van der Waals surface area (Å²) in [6.07, 6.45) is 0. The predicted octanol–water partition coefficient (Wildman–Crippen LogP) is 2.60. The second-order valence-corrected chi connectivity index (χ2v) is 8.54. The van der Waals surface area contributed by atoms with Crippen LogP contribution in [-0.4, -0.2) is 38.7 Å². The van der Waals surface area contributed by atoms with E-state index in [9.17, 15) is 22.8 Å². The molecule has 2 aromatic carbocycles. The first kappa shape index (κ1) is 22.1. The third kappa shape index (κ3) is 5.89. The molecule has 0 spiro atoms. The van der Waals surface area contributed by atoms with Gasteiger partial charge in [0.05, 0.1) is 16.2 Å². The van der Waals surface area contributed by atoms with Crippen LogP contribution >= 0.6 is 0 Å². The van der Waals surface area contributed by atoms with E-state index in [0.717, 1.165) is 11.1 Å². The predicted molar refractivity (Wildman–Crippen MR) is 108 cm³/mol. The van der Waals surface area contributed by atoms with Crippen molar-refractivity contribution in [3.63, 3.8) is 0 Å². The lowest BCUT2D eigenvalue weighted by Crippen LogP contribution is -2.37.